The molecule has 0 radical (unpaired) electrons. The lowest BCUT2D eigenvalue weighted by Gasteiger charge is -2.27. The van der Waals surface area contributed by atoms with E-state index in [9.17, 15) is 0 Å². The summed E-state index contributed by atoms with van der Waals surface area (Å²) in [7, 11) is -1.52. The quantitative estimate of drug-likeness (QED) is 0.569. The van der Waals surface area contributed by atoms with Crippen molar-refractivity contribution in [3.8, 4) is 11.1 Å². The average molecular weight is 347 g/mol. The van der Waals surface area contributed by atoms with Gasteiger partial charge in [0.25, 0.3) is 0 Å². The lowest BCUT2D eigenvalue weighted by molar-refractivity contribution is 0.590. The Morgan fingerprint density at radius 1 is 1.04 bits per heavy atom. The molecule has 1 unspecified atom stereocenters. The number of hydrogen-bond acceptors (Lipinski definition) is 0. The van der Waals surface area contributed by atoms with Gasteiger partial charge in [-0.2, -0.15) is 0 Å². The van der Waals surface area contributed by atoms with Gasteiger partial charge in [-0.05, 0) is 57.3 Å². The van der Waals surface area contributed by atoms with E-state index >= 15 is 0 Å². The van der Waals surface area contributed by atoms with Gasteiger partial charge < -0.3 is 0 Å². The van der Waals surface area contributed by atoms with E-state index < -0.39 is 8.07 Å². The molecular weight excluding hydrogens is 316 g/mol. The molecule has 2 aliphatic rings. The minimum atomic E-state index is -1.52. The van der Waals surface area contributed by atoms with E-state index in [-0.39, 0.29) is 5.41 Å². The Kier molecular flexibility index (Phi) is 3.50. The second-order valence-corrected chi connectivity index (χ2v) is 14.0. The summed E-state index contributed by atoms with van der Waals surface area (Å²) in [6.45, 7) is 16.7. The Morgan fingerprint density at radius 2 is 1.68 bits per heavy atom. The zero-order valence-electron chi connectivity index (χ0n) is 16.7. The Hall–Kier alpha value is -1.60. The minimum absolute atomic E-state index is 0.212. The molecule has 0 saturated carbocycles. The summed E-state index contributed by atoms with van der Waals surface area (Å²) >= 11 is 0. The molecule has 0 nitrogen and oxygen atoms in total. The van der Waals surface area contributed by atoms with Gasteiger partial charge in [-0.3, -0.25) is 0 Å². The first kappa shape index (κ1) is 16.8. The molecule has 130 valence electrons. The van der Waals surface area contributed by atoms with Crippen molar-refractivity contribution in [1.29, 1.82) is 0 Å². The van der Waals surface area contributed by atoms with Gasteiger partial charge in [0.05, 0.1) is 8.07 Å². The zero-order valence-corrected chi connectivity index (χ0v) is 17.7. The summed E-state index contributed by atoms with van der Waals surface area (Å²) in [6, 6.07) is 11.9. The molecule has 2 aromatic carbocycles. The first-order valence-electron chi connectivity index (χ1n) is 9.65. The summed E-state index contributed by atoms with van der Waals surface area (Å²) in [5, 5.41) is 1.73. The maximum Gasteiger partial charge on any atom is 0.0935 e. The van der Waals surface area contributed by atoms with Crippen molar-refractivity contribution in [2.24, 2.45) is 0 Å². The molecule has 0 spiro atoms. The van der Waals surface area contributed by atoms with Crippen LogP contribution in [0, 0.1) is 0 Å². The molecule has 2 aromatic rings. The summed E-state index contributed by atoms with van der Waals surface area (Å²) < 4.78 is 0. The first-order valence-corrected chi connectivity index (χ1v) is 12.7. The van der Waals surface area contributed by atoms with E-state index in [1.807, 2.05) is 0 Å². The monoisotopic (exact) mass is 346 g/mol. The molecule has 4 rings (SSSR count). The van der Waals surface area contributed by atoms with E-state index in [0.29, 0.717) is 5.54 Å². The molecule has 0 amide bonds. The molecule has 0 aromatic heterocycles. The molecule has 1 aliphatic carbocycles. The maximum atomic E-state index is 2.58. The molecule has 0 fully saturated rings. The Morgan fingerprint density at radius 3 is 2.24 bits per heavy atom. The SMILES string of the molecule is CCc1cc2c3c(-c4ccc(C(C)(C)C)cc4)c1[Si](C)(C)C3C(C)=C2. The van der Waals surface area contributed by atoms with Gasteiger partial charge >= 0.3 is 0 Å². The lowest BCUT2D eigenvalue weighted by atomic mass is 9.85. The number of hydrogen-bond donors (Lipinski definition) is 0. The third-order valence-corrected chi connectivity index (χ3v) is 10.4. The zero-order chi connectivity index (χ0) is 18.1. The van der Waals surface area contributed by atoms with Crippen LogP contribution in [0.1, 0.15) is 62.4 Å². The standard InChI is InChI=1S/C24H30Si/c1-8-16-14-18-13-15(2)22-21(18)20(23(16)25(22,6)7)17-9-11-19(12-10-17)24(3,4)5/h9-14,22H,8H2,1-7H3. The van der Waals surface area contributed by atoms with Crippen LogP contribution in [0.5, 0.6) is 0 Å². The largest absolute Gasteiger partial charge is 0.0935 e. The molecule has 0 N–H and O–H groups in total. The van der Waals surface area contributed by atoms with Crippen molar-refractivity contribution in [2.75, 3.05) is 0 Å². The fourth-order valence-corrected chi connectivity index (χ4v) is 9.83. The van der Waals surface area contributed by atoms with Crippen LogP contribution in [0.2, 0.25) is 13.1 Å². The molecule has 2 bridgehead atoms. The van der Waals surface area contributed by atoms with Crippen LogP contribution in [-0.4, -0.2) is 8.07 Å². The Labute approximate surface area is 154 Å². The predicted octanol–water partition coefficient (Wildman–Crippen LogP) is 6.18. The van der Waals surface area contributed by atoms with E-state index in [0.717, 1.165) is 6.42 Å². The number of fused-ring (bicyclic) bond motifs is 1. The summed E-state index contributed by atoms with van der Waals surface area (Å²) in [6.07, 6.45) is 3.61. The van der Waals surface area contributed by atoms with Crippen LogP contribution in [0.4, 0.5) is 0 Å². The number of rotatable bonds is 2. The highest BCUT2D eigenvalue weighted by Gasteiger charge is 2.49. The van der Waals surface area contributed by atoms with Crippen LogP contribution < -0.4 is 5.19 Å². The van der Waals surface area contributed by atoms with Crippen molar-refractivity contribution >= 4 is 19.3 Å². The van der Waals surface area contributed by atoms with Gasteiger partial charge in [0.15, 0.2) is 0 Å². The molecule has 1 aliphatic heterocycles. The molecule has 1 heteroatoms. The van der Waals surface area contributed by atoms with Crippen LogP contribution >= 0.6 is 0 Å². The van der Waals surface area contributed by atoms with Gasteiger partial charge in [-0.25, -0.2) is 0 Å². The second kappa shape index (κ2) is 5.20. The second-order valence-electron chi connectivity index (χ2n) is 9.51. The fourth-order valence-electron chi connectivity index (χ4n) is 5.29. The highest BCUT2D eigenvalue weighted by Crippen LogP contribution is 2.52. The van der Waals surface area contributed by atoms with E-state index in [1.54, 1.807) is 27.5 Å². The number of benzene rings is 2. The number of aryl methyl sites for hydroxylation is 1. The third-order valence-electron chi connectivity index (χ3n) is 6.39. The summed E-state index contributed by atoms with van der Waals surface area (Å²) in [4.78, 5) is 0. The Balaban J connectivity index is 1.97. The first-order chi connectivity index (χ1) is 11.7. The number of allylic oxidation sites excluding steroid dienone is 1. The molecule has 1 heterocycles. The highest BCUT2D eigenvalue weighted by atomic mass is 28.3. The summed E-state index contributed by atoms with van der Waals surface area (Å²) in [5.74, 6) is 0. The molecule has 1 atom stereocenters. The highest BCUT2D eigenvalue weighted by molar-refractivity contribution is 6.94. The molecule has 0 saturated heterocycles. The smallest absolute Gasteiger partial charge is 0.0675 e. The van der Waals surface area contributed by atoms with Crippen molar-refractivity contribution in [3.63, 3.8) is 0 Å². The average Bonchev–Trinajstić information content (AvgIpc) is 2.97. The minimum Gasteiger partial charge on any atom is -0.0675 e. The van der Waals surface area contributed by atoms with Gasteiger partial charge in [0.2, 0.25) is 0 Å². The van der Waals surface area contributed by atoms with Crippen LogP contribution in [0.25, 0.3) is 17.2 Å². The maximum absolute atomic E-state index is 2.58. The normalized spacial score (nSPS) is 20.1. The van der Waals surface area contributed by atoms with Crippen LogP contribution in [0.3, 0.4) is 0 Å². The van der Waals surface area contributed by atoms with Crippen molar-refractivity contribution in [2.45, 2.75) is 65.1 Å². The van der Waals surface area contributed by atoms with E-state index in [1.165, 1.54) is 16.7 Å². The van der Waals surface area contributed by atoms with Crippen LogP contribution in [-0.2, 0) is 11.8 Å². The van der Waals surface area contributed by atoms with E-state index in [2.05, 4.69) is 84.1 Å². The molecular formula is C24H30Si. The predicted molar refractivity (Wildman–Crippen MR) is 113 cm³/mol. The van der Waals surface area contributed by atoms with Gasteiger partial charge in [-0.1, -0.05) is 82.8 Å². The van der Waals surface area contributed by atoms with Crippen molar-refractivity contribution in [1.82, 2.24) is 0 Å². The van der Waals surface area contributed by atoms with Crippen LogP contribution in [0.15, 0.2) is 35.9 Å². The van der Waals surface area contributed by atoms with Crippen molar-refractivity contribution in [3.05, 3.63) is 58.2 Å². The Bertz CT molecular complexity index is 889. The van der Waals surface area contributed by atoms with Gasteiger partial charge in [0, 0.05) is 5.54 Å². The molecule has 25 heavy (non-hydrogen) atoms. The van der Waals surface area contributed by atoms with Gasteiger partial charge in [-0.15, -0.1) is 0 Å². The third kappa shape index (κ3) is 2.25. The lowest BCUT2D eigenvalue weighted by Crippen LogP contribution is -2.45. The fraction of sp³-hybridized carbons (Fsp3) is 0.417. The van der Waals surface area contributed by atoms with Gasteiger partial charge in [0.1, 0.15) is 0 Å². The van der Waals surface area contributed by atoms with E-state index in [4.69, 9.17) is 0 Å². The van der Waals surface area contributed by atoms with Crippen molar-refractivity contribution < 1.29 is 0 Å². The topological polar surface area (TPSA) is 0 Å². The summed E-state index contributed by atoms with van der Waals surface area (Å²) in [5.41, 5.74) is 11.7.